The molecule has 0 aliphatic carbocycles. The van der Waals surface area contributed by atoms with Gasteiger partial charge in [-0.15, -0.1) is 0 Å². The number of nitrogens with one attached hydrogen (secondary N) is 1. The largest absolute Gasteiger partial charge is 0.349 e. The summed E-state index contributed by atoms with van der Waals surface area (Å²) >= 11 is 0. The van der Waals surface area contributed by atoms with E-state index >= 15 is 0 Å². The summed E-state index contributed by atoms with van der Waals surface area (Å²) in [6.07, 6.45) is 6.57. The van der Waals surface area contributed by atoms with Gasteiger partial charge in [-0.3, -0.25) is 4.98 Å². The van der Waals surface area contributed by atoms with E-state index in [0.717, 1.165) is 54.1 Å². The molecule has 2 aromatic heterocycles. The van der Waals surface area contributed by atoms with Gasteiger partial charge in [0.2, 0.25) is 5.95 Å². The number of nitrogens with zero attached hydrogens (tertiary/aromatic N) is 4. The van der Waals surface area contributed by atoms with Crippen LogP contribution in [-0.4, -0.2) is 27.0 Å². The molecule has 34 heavy (non-hydrogen) atoms. The number of aromatic nitrogens is 3. The van der Waals surface area contributed by atoms with Crippen LogP contribution < -0.4 is 10.2 Å². The third-order valence-corrected chi connectivity index (χ3v) is 6.08. The molecule has 0 saturated carbocycles. The maximum atomic E-state index is 13.3. The lowest BCUT2D eigenvalue weighted by Crippen LogP contribution is -2.34. The van der Waals surface area contributed by atoms with Crippen LogP contribution in [0.2, 0.25) is 0 Å². The Balaban J connectivity index is 1.40. The van der Waals surface area contributed by atoms with E-state index in [2.05, 4.69) is 47.2 Å². The Kier molecular flexibility index (Phi) is 5.97. The molecule has 0 amide bonds. The number of aryl methyl sites for hydroxylation is 1. The Morgan fingerprint density at radius 1 is 1.00 bits per heavy atom. The lowest BCUT2D eigenvalue weighted by atomic mass is 9.95. The van der Waals surface area contributed by atoms with Gasteiger partial charge in [-0.25, -0.2) is 9.37 Å². The van der Waals surface area contributed by atoms with Crippen LogP contribution >= 0.6 is 0 Å². The second-order valence-corrected chi connectivity index (χ2v) is 9.37. The van der Waals surface area contributed by atoms with Crippen LogP contribution in [0.3, 0.4) is 0 Å². The van der Waals surface area contributed by atoms with Crippen LogP contribution in [0.1, 0.15) is 31.4 Å². The summed E-state index contributed by atoms with van der Waals surface area (Å²) in [5.74, 6) is 1.22. The molecule has 3 heterocycles. The molecule has 0 unspecified atom stereocenters. The molecule has 0 fully saturated rings. The monoisotopic (exact) mass is 453 g/mol. The van der Waals surface area contributed by atoms with Gasteiger partial charge in [-0.2, -0.15) is 4.98 Å². The second kappa shape index (κ2) is 9.21. The normalized spacial score (nSPS) is 13.4. The van der Waals surface area contributed by atoms with Gasteiger partial charge in [-0.1, -0.05) is 42.5 Å². The molecule has 0 radical (unpaired) electrons. The topological polar surface area (TPSA) is 53.9 Å². The van der Waals surface area contributed by atoms with E-state index in [1.165, 1.54) is 17.7 Å². The Labute approximate surface area is 199 Å². The molecule has 0 bridgehead atoms. The van der Waals surface area contributed by atoms with Crippen molar-refractivity contribution < 1.29 is 4.39 Å². The van der Waals surface area contributed by atoms with Crippen molar-refractivity contribution >= 4 is 17.5 Å². The van der Waals surface area contributed by atoms with Crippen molar-refractivity contribution in [2.45, 2.75) is 38.6 Å². The van der Waals surface area contributed by atoms with Gasteiger partial charge in [0, 0.05) is 35.7 Å². The first-order valence-corrected chi connectivity index (χ1v) is 11.6. The molecule has 0 spiro atoms. The number of pyridine rings is 1. The van der Waals surface area contributed by atoms with Crippen molar-refractivity contribution in [3.05, 3.63) is 96.1 Å². The Morgan fingerprint density at radius 3 is 2.59 bits per heavy atom. The van der Waals surface area contributed by atoms with Gasteiger partial charge in [0.05, 0.1) is 5.69 Å². The summed E-state index contributed by atoms with van der Waals surface area (Å²) in [5, 5.41) is 3.47. The number of anilines is 3. The minimum atomic E-state index is -0.305. The van der Waals surface area contributed by atoms with Crippen molar-refractivity contribution in [1.29, 1.82) is 0 Å². The molecular weight excluding hydrogens is 425 g/mol. The summed E-state index contributed by atoms with van der Waals surface area (Å²) in [4.78, 5) is 16.3. The molecule has 0 saturated heterocycles. The fraction of sp³-hybridized carbons (Fsp3) is 0.250. The molecule has 172 valence electrons. The highest BCUT2D eigenvalue weighted by Gasteiger charge is 2.23. The van der Waals surface area contributed by atoms with Gasteiger partial charge in [-0.05, 0) is 68.5 Å². The third kappa shape index (κ3) is 4.91. The van der Waals surface area contributed by atoms with Crippen molar-refractivity contribution in [2.24, 2.45) is 0 Å². The fourth-order valence-electron chi connectivity index (χ4n) is 4.49. The van der Waals surface area contributed by atoms with Crippen LogP contribution in [0.25, 0.3) is 11.3 Å². The average molecular weight is 454 g/mol. The highest BCUT2D eigenvalue weighted by Crippen LogP contribution is 2.35. The van der Waals surface area contributed by atoms with E-state index in [1.54, 1.807) is 6.20 Å². The van der Waals surface area contributed by atoms with Crippen molar-refractivity contribution in [2.75, 3.05) is 16.8 Å². The molecule has 5 nitrogen and oxygen atoms in total. The predicted molar refractivity (Wildman–Crippen MR) is 135 cm³/mol. The molecule has 0 atom stereocenters. The van der Waals surface area contributed by atoms with Gasteiger partial charge in [0.1, 0.15) is 11.6 Å². The van der Waals surface area contributed by atoms with Crippen LogP contribution in [-0.2, 0) is 12.8 Å². The standard InChI is InChI=1S/C28H28FN5/c1-28(2,18-20-10-12-23(29)13-11-20)33-27-30-15-14-26(32-27)34-16-6-9-22-19-31-24(17-25(22)34)21-7-4-3-5-8-21/h3-5,7-8,10-15,17,19H,6,9,16,18H2,1-2H3,(H,30,32,33). The van der Waals surface area contributed by atoms with Gasteiger partial charge in [0.25, 0.3) is 0 Å². The first kappa shape index (κ1) is 22.0. The molecule has 1 N–H and O–H groups in total. The minimum Gasteiger partial charge on any atom is -0.349 e. The maximum Gasteiger partial charge on any atom is 0.225 e. The molecule has 6 heteroatoms. The number of rotatable bonds is 6. The Hall–Kier alpha value is -3.80. The average Bonchev–Trinajstić information content (AvgIpc) is 2.85. The summed E-state index contributed by atoms with van der Waals surface area (Å²) in [6, 6.07) is 21.0. The summed E-state index contributed by atoms with van der Waals surface area (Å²) < 4.78 is 13.3. The number of benzene rings is 2. The Morgan fingerprint density at radius 2 is 1.79 bits per heavy atom. The number of hydrogen-bond donors (Lipinski definition) is 1. The van der Waals surface area contributed by atoms with E-state index in [4.69, 9.17) is 9.97 Å². The van der Waals surface area contributed by atoms with Crippen molar-refractivity contribution in [3.63, 3.8) is 0 Å². The van der Waals surface area contributed by atoms with Crippen LogP contribution in [0.15, 0.2) is 79.1 Å². The molecule has 1 aliphatic rings. The van der Waals surface area contributed by atoms with Gasteiger partial charge < -0.3 is 10.2 Å². The third-order valence-electron chi connectivity index (χ3n) is 6.08. The molecule has 5 rings (SSSR count). The number of halogens is 1. The minimum absolute atomic E-state index is 0.224. The zero-order valence-corrected chi connectivity index (χ0v) is 19.5. The first-order chi connectivity index (χ1) is 16.5. The van der Waals surface area contributed by atoms with Crippen LogP contribution in [0.5, 0.6) is 0 Å². The zero-order valence-electron chi connectivity index (χ0n) is 19.5. The summed E-state index contributed by atoms with van der Waals surface area (Å²) in [5.41, 5.74) is 5.19. The Bertz CT molecular complexity index is 1270. The predicted octanol–water partition coefficient (Wildman–Crippen LogP) is 6.20. The lowest BCUT2D eigenvalue weighted by molar-refractivity contribution is 0.556. The smallest absolute Gasteiger partial charge is 0.225 e. The van der Waals surface area contributed by atoms with Crippen LogP contribution in [0, 0.1) is 5.82 Å². The quantitative estimate of drug-likeness (QED) is 0.377. The highest BCUT2D eigenvalue weighted by molar-refractivity contribution is 5.72. The molecule has 4 aromatic rings. The summed E-state index contributed by atoms with van der Waals surface area (Å²) in [6.45, 7) is 5.08. The maximum absolute atomic E-state index is 13.3. The van der Waals surface area contributed by atoms with Gasteiger partial charge >= 0.3 is 0 Å². The number of fused-ring (bicyclic) bond motifs is 1. The van der Waals surface area contributed by atoms with Crippen molar-refractivity contribution in [3.8, 4) is 11.3 Å². The van der Waals surface area contributed by atoms with E-state index in [0.29, 0.717) is 5.95 Å². The lowest BCUT2D eigenvalue weighted by Gasteiger charge is -2.31. The van der Waals surface area contributed by atoms with Gasteiger partial charge in [0.15, 0.2) is 0 Å². The van der Waals surface area contributed by atoms with Crippen LogP contribution in [0.4, 0.5) is 21.8 Å². The second-order valence-electron chi connectivity index (χ2n) is 9.37. The van der Waals surface area contributed by atoms with E-state index in [9.17, 15) is 4.39 Å². The van der Waals surface area contributed by atoms with E-state index in [-0.39, 0.29) is 11.4 Å². The molecule has 1 aliphatic heterocycles. The molecular formula is C28H28FN5. The first-order valence-electron chi connectivity index (χ1n) is 11.6. The fourth-order valence-corrected chi connectivity index (χ4v) is 4.49. The van der Waals surface area contributed by atoms with E-state index < -0.39 is 0 Å². The van der Waals surface area contributed by atoms with Crippen molar-refractivity contribution in [1.82, 2.24) is 15.0 Å². The highest BCUT2D eigenvalue weighted by atomic mass is 19.1. The van der Waals surface area contributed by atoms with E-state index in [1.807, 2.05) is 42.6 Å². The molecule has 2 aromatic carbocycles. The number of hydrogen-bond acceptors (Lipinski definition) is 5. The SMILES string of the molecule is CC(C)(Cc1ccc(F)cc1)Nc1nccc(N2CCCc3cnc(-c4ccccc4)cc32)n1. The summed E-state index contributed by atoms with van der Waals surface area (Å²) in [7, 11) is 0. The zero-order chi connectivity index (χ0) is 23.5.